The average Bonchev–Trinajstić information content (AvgIpc) is 2.28. The summed E-state index contributed by atoms with van der Waals surface area (Å²) < 4.78 is 0. The molecule has 5 heteroatoms. The van der Waals surface area contributed by atoms with Crippen LogP contribution in [0.1, 0.15) is 18.5 Å². The molecule has 15 heavy (non-hydrogen) atoms. The van der Waals surface area contributed by atoms with Crippen molar-refractivity contribution in [3.8, 4) is 0 Å². The molecule has 0 aliphatic rings. The van der Waals surface area contributed by atoms with Crippen LogP contribution < -0.4 is 5.84 Å². The van der Waals surface area contributed by atoms with Crippen LogP contribution in [0.15, 0.2) is 30.3 Å². The molecule has 5 nitrogen and oxygen atoms in total. The highest BCUT2D eigenvalue weighted by molar-refractivity contribution is 5.17. The minimum Gasteiger partial charge on any atom is -0.228 e. The summed E-state index contributed by atoms with van der Waals surface area (Å²) in [7, 11) is 3.22. The van der Waals surface area contributed by atoms with Gasteiger partial charge in [0.15, 0.2) is 0 Å². The van der Waals surface area contributed by atoms with Crippen molar-refractivity contribution in [2.45, 2.75) is 13.0 Å². The Kier molecular flexibility index (Phi) is 4.67. The van der Waals surface area contributed by atoms with Gasteiger partial charge in [-0.1, -0.05) is 30.3 Å². The van der Waals surface area contributed by atoms with E-state index in [2.05, 4.69) is 9.88 Å². The molecule has 1 aromatic carbocycles. The van der Waals surface area contributed by atoms with Gasteiger partial charge >= 0.3 is 0 Å². The van der Waals surface area contributed by atoms with Crippen molar-refractivity contribution >= 4 is 0 Å². The molecule has 84 valence electrons. The lowest BCUT2D eigenvalue weighted by molar-refractivity contribution is -0.473. The van der Waals surface area contributed by atoms with Gasteiger partial charge < -0.3 is 0 Å². The van der Waals surface area contributed by atoms with E-state index in [1.165, 1.54) is 7.11 Å². The first-order valence-electron chi connectivity index (χ1n) is 4.70. The van der Waals surface area contributed by atoms with Crippen molar-refractivity contribution in [1.29, 1.82) is 0 Å². The molecular weight excluding hydrogens is 194 g/mol. The number of nitrogens with zero attached hydrogens (tertiary/aromatic N) is 2. The highest BCUT2D eigenvalue weighted by Gasteiger charge is 2.16. The normalized spacial score (nSPS) is 13.5. The van der Waals surface area contributed by atoms with Crippen molar-refractivity contribution in [2.24, 2.45) is 5.84 Å². The molecule has 0 aliphatic heterocycles. The Balaban J connectivity index is 2.64. The monoisotopic (exact) mass is 211 g/mol. The minimum atomic E-state index is 0.103. The number of hydrogen-bond donors (Lipinski definition) is 1. The fourth-order valence-electron chi connectivity index (χ4n) is 1.25. The number of benzene rings is 1. The molecule has 1 unspecified atom stereocenters. The van der Waals surface area contributed by atoms with E-state index in [0.29, 0.717) is 0 Å². The lowest BCUT2D eigenvalue weighted by atomic mass is 10.1. The second kappa shape index (κ2) is 5.79. The molecule has 0 amide bonds. The summed E-state index contributed by atoms with van der Waals surface area (Å²) in [6.45, 7) is 2.02. The van der Waals surface area contributed by atoms with E-state index in [-0.39, 0.29) is 6.04 Å². The lowest BCUT2D eigenvalue weighted by Crippen LogP contribution is -2.45. The van der Waals surface area contributed by atoms with Crippen LogP contribution in [-0.2, 0) is 9.88 Å². The SMILES string of the molecule is COON(N)N(C)C(C)c1ccccc1. The first kappa shape index (κ1) is 12.1. The molecular formula is C10H17N3O2. The molecule has 1 rings (SSSR count). The second-order valence-corrected chi connectivity index (χ2v) is 3.20. The highest BCUT2D eigenvalue weighted by Crippen LogP contribution is 2.18. The van der Waals surface area contributed by atoms with Crippen LogP contribution in [0.5, 0.6) is 0 Å². The quantitative estimate of drug-likeness (QED) is 0.451. The van der Waals surface area contributed by atoms with Crippen LogP contribution in [0, 0.1) is 0 Å². The summed E-state index contributed by atoms with van der Waals surface area (Å²) in [6, 6.07) is 10.1. The minimum absolute atomic E-state index is 0.103. The topological polar surface area (TPSA) is 51.0 Å². The van der Waals surface area contributed by atoms with Gasteiger partial charge in [-0.05, 0) is 17.8 Å². The van der Waals surface area contributed by atoms with Gasteiger partial charge in [0.05, 0.1) is 13.2 Å². The highest BCUT2D eigenvalue weighted by atomic mass is 17.3. The van der Waals surface area contributed by atoms with Crippen molar-refractivity contribution in [3.05, 3.63) is 35.9 Å². The predicted molar refractivity (Wildman–Crippen MR) is 56.7 cm³/mol. The third kappa shape index (κ3) is 3.26. The van der Waals surface area contributed by atoms with E-state index in [1.54, 1.807) is 5.01 Å². The van der Waals surface area contributed by atoms with E-state index in [1.807, 2.05) is 44.3 Å². The third-order valence-electron chi connectivity index (χ3n) is 2.30. The van der Waals surface area contributed by atoms with Crippen LogP contribution in [0.25, 0.3) is 0 Å². The van der Waals surface area contributed by atoms with Gasteiger partial charge in [-0.3, -0.25) is 0 Å². The number of nitrogens with two attached hydrogens (primary N) is 1. The van der Waals surface area contributed by atoms with E-state index >= 15 is 0 Å². The summed E-state index contributed by atoms with van der Waals surface area (Å²) in [5, 5.41) is 2.77. The van der Waals surface area contributed by atoms with Gasteiger partial charge in [-0.15, -0.1) is 4.99 Å². The van der Waals surface area contributed by atoms with E-state index in [9.17, 15) is 0 Å². The molecule has 0 fully saturated rings. The van der Waals surface area contributed by atoms with Crippen LogP contribution in [0.2, 0.25) is 0 Å². The Hall–Kier alpha value is -0.980. The maximum Gasteiger partial charge on any atom is 0.0734 e. The molecule has 0 saturated carbocycles. The molecule has 0 radical (unpaired) electrons. The van der Waals surface area contributed by atoms with Gasteiger partial charge in [-0.2, -0.15) is 5.01 Å². The van der Waals surface area contributed by atoms with Crippen molar-refractivity contribution in [3.63, 3.8) is 0 Å². The molecule has 0 bridgehead atoms. The smallest absolute Gasteiger partial charge is 0.0734 e. The summed E-state index contributed by atoms with van der Waals surface area (Å²) in [4.78, 5) is 9.15. The Labute approximate surface area is 89.8 Å². The number of hydrazine groups is 2. The van der Waals surface area contributed by atoms with Crippen molar-refractivity contribution < 1.29 is 9.88 Å². The zero-order chi connectivity index (χ0) is 11.3. The van der Waals surface area contributed by atoms with E-state index in [4.69, 9.17) is 5.84 Å². The lowest BCUT2D eigenvalue weighted by Gasteiger charge is -2.29. The first-order chi connectivity index (χ1) is 7.16. The second-order valence-electron chi connectivity index (χ2n) is 3.20. The molecule has 1 aromatic rings. The van der Waals surface area contributed by atoms with Gasteiger partial charge in [0, 0.05) is 7.05 Å². The molecule has 0 saturated heterocycles. The Bertz CT molecular complexity index is 281. The fourth-order valence-corrected chi connectivity index (χ4v) is 1.25. The number of hydrogen-bond acceptors (Lipinski definition) is 5. The van der Waals surface area contributed by atoms with Gasteiger partial charge in [0.1, 0.15) is 0 Å². The summed E-state index contributed by atoms with van der Waals surface area (Å²) >= 11 is 0. The van der Waals surface area contributed by atoms with Crippen LogP contribution in [0.3, 0.4) is 0 Å². The van der Waals surface area contributed by atoms with Gasteiger partial charge in [-0.25, -0.2) is 10.7 Å². The van der Waals surface area contributed by atoms with Gasteiger partial charge in [0.2, 0.25) is 0 Å². The molecule has 1 atom stereocenters. The molecule has 0 spiro atoms. The van der Waals surface area contributed by atoms with Crippen molar-refractivity contribution in [1.82, 2.24) is 10.3 Å². The maximum absolute atomic E-state index is 5.58. The molecule has 0 aliphatic carbocycles. The van der Waals surface area contributed by atoms with Crippen LogP contribution in [-0.4, -0.2) is 24.4 Å². The zero-order valence-electron chi connectivity index (χ0n) is 9.25. The summed E-state index contributed by atoms with van der Waals surface area (Å²) in [5.41, 5.74) is 1.15. The van der Waals surface area contributed by atoms with E-state index < -0.39 is 0 Å². The van der Waals surface area contributed by atoms with Crippen LogP contribution >= 0.6 is 0 Å². The number of rotatable bonds is 5. The fraction of sp³-hybridized carbons (Fsp3) is 0.400. The largest absolute Gasteiger partial charge is 0.228 e. The first-order valence-corrected chi connectivity index (χ1v) is 4.70. The average molecular weight is 211 g/mol. The van der Waals surface area contributed by atoms with Gasteiger partial charge in [0.25, 0.3) is 0 Å². The summed E-state index contributed by atoms with van der Waals surface area (Å²) in [6.07, 6.45) is 0. The van der Waals surface area contributed by atoms with E-state index in [0.717, 1.165) is 10.8 Å². The predicted octanol–water partition coefficient (Wildman–Crippen LogP) is 1.26. The van der Waals surface area contributed by atoms with Crippen molar-refractivity contribution in [2.75, 3.05) is 14.2 Å². The Morgan fingerprint density at radius 2 is 1.87 bits per heavy atom. The Morgan fingerprint density at radius 3 is 2.40 bits per heavy atom. The third-order valence-corrected chi connectivity index (χ3v) is 2.30. The summed E-state index contributed by atoms with van der Waals surface area (Å²) in [5.74, 6) is 5.58. The maximum atomic E-state index is 5.58. The molecule has 2 N–H and O–H groups in total. The standard InChI is InChI=1S/C10H17N3O2/c1-9(10-7-5-4-6-8-10)12(2)13(11)15-14-3/h4-9H,11H2,1-3H3. The zero-order valence-corrected chi connectivity index (χ0v) is 9.25. The molecule has 0 heterocycles. The van der Waals surface area contributed by atoms with Crippen LogP contribution in [0.4, 0.5) is 0 Å². The molecule has 0 aromatic heterocycles. The Morgan fingerprint density at radius 1 is 1.27 bits per heavy atom.